The van der Waals surface area contributed by atoms with E-state index in [2.05, 4.69) is 10.1 Å². The van der Waals surface area contributed by atoms with Crippen molar-refractivity contribution in [2.75, 3.05) is 6.61 Å². The topological polar surface area (TPSA) is 70.6 Å². The molecule has 1 aromatic rings. The fraction of sp³-hybridized carbons (Fsp3) is 0.429. The molecule has 0 aliphatic carbocycles. The SMILES string of the molecule is CCOC(=O)[C@@H]1[C@H](c2cccc(F)c2)NC(=S)N[C@@]1(O)C(F)(F)F. The fourth-order valence-corrected chi connectivity index (χ4v) is 2.80. The first-order chi connectivity index (χ1) is 11.1. The first kappa shape index (κ1) is 18.4. The number of carbonyl (C=O) groups excluding carboxylic acids is 1. The average Bonchev–Trinajstić information content (AvgIpc) is 2.45. The molecule has 24 heavy (non-hydrogen) atoms. The van der Waals surface area contributed by atoms with Crippen molar-refractivity contribution in [3.63, 3.8) is 0 Å². The third-order valence-electron chi connectivity index (χ3n) is 3.55. The quantitative estimate of drug-likeness (QED) is 0.430. The number of thiocarbonyl (C=S) groups is 1. The molecule has 1 heterocycles. The van der Waals surface area contributed by atoms with Crippen LogP contribution in [0, 0.1) is 11.7 Å². The maximum Gasteiger partial charge on any atom is 0.437 e. The molecule has 0 aromatic heterocycles. The van der Waals surface area contributed by atoms with Crippen LogP contribution in [0.25, 0.3) is 0 Å². The third kappa shape index (κ3) is 3.29. The van der Waals surface area contributed by atoms with E-state index in [4.69, 9.17) is 12.2 Å². The minimum absolute atomic E-state index is 0.0135. The Bertz CT molecular complexity index is 655. The lowest BCUT2D eigenvalue weighted by Gasteiger charge is -2.45. The predicted molar refractivity (Wildman–Crippen MR) is 79.1 cm³/mol. The van der Waals surface area contributed by atoms with Crippen LogP contribution >= 0.6 is 12.2 Å². The first-order valence-corrected chi connectivity index (χ1v) is 7.31. The van der Waals surface area contributed by atoms with Crippen molar-refractivity contribution in [2.24, 2.45) is 5.92 Å². The number of benzene rings is 1. The highest BCUT2D eigenvalue weighted by Gasteiger charge is 2.66. The molecule has 0 saturated carbocycles. The van der Waals surface area contributed by atoms with Gasteiger partial charge in [-0.05, 0) is 36.8 Å². The molecule has 0 bridgehead atoms. The second-order valence-corrected chi connectivity index (χ2v) is 5.53. The highest BCUT2D eigenvalue weighted by atomic mass is 32.1. The van der Waals surface area contributed by atoms with Gasteiger partial charge in [-0.15, -0.1) is 0 Å². The molecule has 0 spiro atoms. The molecular formula is C14H14F4N2O3S. The van der Waals surface area contributed by atoms with Gasteiger partial charge >= 0.3 is 12.1 Å². The Morgan fingerprint density at radius 1 is 1.46 bits per heavy atom. The predicted octanol–water partition coefficient (Wildman–Crippen LogP) is 1.77. The Morgan fingerprint density at radius 3 is 2.67 bits per heavy atom. The van der Waals surface area contributed by atoms with Crippen LogP contribution in [0.4, 0.5) is 17.6 Å². The minimum Gasteiger partial charge on any atom is -0.466 e. The summed E-state index contributed by atoms with van der Waals surface area (Å²) in [7, 11) is 0. The van der Waals surface area contributed by atoms with E-state index in [1.165, 1.54) is 19.1 Å². The van der Waals surface area contributed by atoms with E-state index in [9.17, 15) is 27.5 Å². The number of alkyl halides is 3. The fourth-order valence-electron chi connectivity index (χ4n) is 2.51. The Hall–Kier alpha value is -1.94. The number of rotatable bonds is 3. The second-order valence-electron chi connectivity index (χ2n) is 5.12. The molecular weight excluding hydrogens is 352 g/mol. The summed E-state index contributed by atoms with van der Waals surface area (Å²) in [6.07, 6.45) is -5.23. The van der Waals surface area contributed by atoms with Crippen molar-refractivity contribution < 1.29 is 32.2 Å². The van der Waals surface area contributed by atoms with Crippen LogP contribution in [0.5, 0.6) is 0 Å². The Balaban J connectivity index is 2.57. The summed E-state index contributed by atoms with van der Waals surface area (Å²) in [5.74, 6) is -4.14. The van der Waals surface area contributed by atoms with E-state index < -0.39 is 40.8 Å². The molecule has 1 aromatic carbocycles. The zero-order valence-electron chi connectivity index (χ0n) is 12.4. The van der Waals surface area contributed by atoms with Crippen molar-refractivity contribution >= 4 is 23.3 Å². The van der Waals surface area contributed by atoms with Gasteiger partial charge in [0, 0.05) is 0 Å². The summed E-state index contributed by atoms with van der Waals surface area (Å²) in [6, 6.07) is 3.21. The Kier molecular flexibility index (Phi) is 5.00. The molecule has 1 fully saturated rings. The van der Waals surface area contributed by atoms with E-state index in [1.807, 2.05) is 0 Å². The molecule has 1 aliphatic rings. The van der Waals surface area contributed by atoms with Gasteiger partial charge in [0.2, 0.25) is 0 Å². The van der Waals surface area contributed by atoms with E-state index in [0.29, 0.717) is 0 Å². The van der Waals surface area contributed by atoms with Crippen molar-refractivity contribution in [2.45, 2.75) is 24.9 Å². The molecule has 132 valence electrons. The summed E-state index contributed by atoms with van der Waals surface area (Å²) in [6.45, 7) is 1.22. The van der Waals surface area contributed by atoms with Crippen LogP contribution in [0.2, 0.25) is 0 Å². The number of halogens is 4. The molecule has 0 amide bonds. The summed E-state index contributed by atoms with van der Waals surface area (Å²) < 4.78 is 58.4. The van der Waals surface area contributed by atoms with Crippen LogP contribution < -0.4 is 10.6 Å². The molecule has 2 rings (SSSR count). The van der Waals surface area contributed by atoms with Crippen LogP contribution in [-0.4, -0.2) is 34.7 Å². The van der Waals surface area contributed by atoms with E-state index in [1.54, 1.807) is 5.32 Å². The molecule has 10 heteroatoms. The number of ether oxygens (including phenoxy) is 1. The number of carbonyl (C=O) groups is 1. The molecule has 0 radical (unpaired) electrons. The molecule has 5 nitrogen and oxygen atoms in total. The lowest BCUT2D eigenvalue weighted by molar-refractivity contribution is -0.292. The van der Waals surface area contributed by atoms with Gasteiger partial charge in [0.1, 0.15) is 11.7 Å². The van der Waals surface area contributed by atoms with Gasteiger partial charge in [0.25, 0.3) is 5.72 Å². The van der Waals surface area contributed by atoms with Gasteiger partial charge < -0.3 is 20.5 Å². The molecule has 3 N–H and O–H groups in total. The van der Waals surface area contributed by atoms with E-state index in [-0.39, 0.29) is 12.2 Å². The summed E-state index contributed by atoms with van der Waals surface area (Å²) >= 11 is 4.71. The molecule has 1 aliphatic heterocycles. The highest BCUT2D eigenvalue weighted by molar-refractivity contribution is 7.80. The van der Waals surface area contributed by atoms with E-state index >= 15 is 0 Å². The molecule has 0 unspecified atom stereocenters. The van der Waals surface area contributed by atoms with E-state index in [0.717, 1.165) is 12.1 Å². The Labute approximate surface area is 140 Å². The normalized spacial score (nSPS) is 27.2. The number of hydrogen-bond acceptors (Lipinski definition) is 4. The monoisotopic (exact) mass is 366 g/mol. The standard InChI is InChI=1S/C14H14F4N2O3S/c1-2-23-11(21)9-10(7-4-3-5-8(15)6-7)19-12(24)20-13(9,22)14(16,17)18/h3-6,9-10,22H,2H2,1H3,(H2,19,20,24)/t9-,10-,13-/m0/s1. The number of aliphatic hydroxyl groups is 1. The van der Waals surface area contributed by atoms with Gasteiger partial charge in [-0.1, -0.05) is 12.1 Å². The zero-order valence-corrected chi connectivity index (χ0v) is 13.2. The lowest BCUT2D eigenvalue weighted by Crippen LogP contribution is -2.73. The van der Waals surface area contributed by atoms with Crippen LogP contribution in [-0.2, 0) is 9.53 Å². The maximum absolute atomic E-state index is 13.4. The van der Waals surface area contributed by atoms with Gasteiger partial charge in [-0.25, -0.2) is 4.39 Å². The van der Waals surface area contributed by atoms with Gasteiger partial charge in [-0.3, -0.25) is 4.79 Å². The largest absolute Gasteiger partial charge is 0.466 e. The summed E-state index contributed by atoms with van der Waals surface area (Å²) in [4.78, 5) is 12.1. The van der Waals surface area contributed by atoms with Crippen molar-refractivity contribution in [1.29, 1.82) is 0 Å². The number of nitrogens with one attached hydrogen (secondary N) is 2. The van der Waals surface area contributed by atoms with Crippen LogP contribution in [0.3, 0.4) is 0 Å². The van der Waals surface area contributed by atoms with Crippen molar-refractivity contribution in [1.82, 2.24) is 10.6 Å². The average molecular weight is 366 g/mol. The lowest BCUT2D eigenvalue weighted by atomic mass is 9.82. The van der Waals surface area contributed by atoms with Gasteiger partial charge in [0.05, 0.1) is 12.6 Å². The minimum atomic E-state index is -5.23. The maximum atomic E-state index is 13.4. The highest BCUT2D eigenvalue weighted by Crippen LogP contribution is 2.43. The van der Waals surface area contributed by atoms with Crippen molar-refractivity contribution in [3.05, 3.63) is 35.6 Å². The molecule has 3 atom stereocenters. The first-order valence-electron chi connectivity index (χ1n) is 6.90. The van der Waals surface area contributed by atoms with Crippen LogP contribution in [0.15, 0.2) is 24.3 Å². The van der Waals surface area contributed by atoms with Crippen LogP contribution in [0.1, 0.15) is 18.5 Å². The smallest absolute Gasteiger partial charge is 0.437 e. The zero-order chi connectivity index (χ0) is 18.1. The van der Waals surface area contributed by atoms with Gasteiger partial charge in [-0.2, -0.15) is 13.2 Å². The third-order valence-corrected chi connectivity index (χ3v) is 3.77. The number of hydrogen-bond donors (Lipinski definition) is 3. The van der Waals surface area contributed by atoms with Crippen molar-refractivity contribution in [3.8, 4) is 0 Å². The van der Waals surface area contributed by atoms with Gasteiger partial charge in [0.15, 0.2) is 5.11 Å². The molecule has 1 saturated heterocycles. The Morgan fingerprint density at radius 2 is 2.12 bits per heavy atom. The summed E-state index contributed by atoms with van der Waals surface area (Å²) in [5, 5.41) is 13.8. The second kappa shape index (κ2) is 6.52. The number of esters is 1. The summed E-state index contributed by atoms with van der Waals surface area (Å²) in [5.41, 5.74) is -3.64.